The van der Waals surface area contributed by atoms with Gasteiger partial charge in [0.2, 0.25) is 0 Å². The molecule has 1 aliphatic heterocycles. The first kappa shape index (κ1) is 19.1. The highest BCUT2D eigenvalue weighted by atomic mass is 16.5. The largest absolute Gasteiger partial charge is 0.493 e. The predicted molar refractivity (Wildman–Crippen MR) is 93.8 cm³/mol. The summed E-state index contributed by atoms with van der Waals surface area (Å²) in [5, 5.41) is 9.17. The number of carbonyl (C=O) groups is 2. The summed E-state index contributed by atoms with van der Waals surface area (Å²) >= 11 is 0. The molecule has 25 heavy (non-hydrogen) atoms. The molecular formula is C19H27NO5. The number of benzene rings is 1. The fourth-order valence-corrected chi connectivity index (χ4v) is 2.80. The Hall–Kier alpha value is -2.24. The average Bonchev–Trinajstić information content (AvgIpc) is 2.58. The molecule has 1 amide bonds. The molecule has 2 rings (SSSR count). The summed E-state index contributed by atoms with van der Waals surface area (Å²) in [5.74, 6) is 0.166. The molecule has 1 aliphatic rings. The van der Waals surface area contributed by atoms with Crippen molar-refractivity contribution in [1.29, 1.82) is 0 Å². The first-order valence-corrected chi connectivity index (χ1v) is 8.74. The molecule has 0 aliphatic carbocycles. The van der Waals surface area contributed by atoms with Gasteiger partial charge in [0, 0.05) is 18.7 Å². The molecule has 1 aromatic rings. The third-order valence-electron chi connectivity index (χ3n) is 4.30. The summed E-state index contributed by atoms with van der Waals surface area (Å²) < 4.78 is 11.2. The van der Waals surface area contributed by atoms with Crippen LogP contribution in [0.15, 0.2) is 24.3 Å². The van der Waals surface area contributed by atoms with Crippen LogP contribution in [0, 0.1) is 11.8 Å². The molecule has 0 spiro atoms. The van der Waals surface area contributed by atoms with Crippen molar-refractivity contribution in [2.45, 2.75) is 39.7 Å². The van der Waals surface area contributed by atoms with Crippen LogP contribution in [0.4, 0.5) is 0 Å². The van der Waals surface area contributed by atoms with E-state index >= 15 is 0 Å². The van der Waals surface area contributed by atoms with E-state index < -0.39 is 11.9 Å². The van der Waals surface area contributed by atoms with Crippen molar-refractivity contribution < 1.29 is 24.2 Å². The maximum atomic E-state index is 12.4. The lowest BCUT2D eigenvalue weighted by Gasteiger charge is -2.36. The van der Waals surface area contributed by atoms with Gasteiger partial charge in [0.25, 0.3) is 5.91 Å². The number of aliphatic carboxylic acids is 1. The number of rotatable bonds is 7. The standard InChI is InChI=1S/C19H27NO5/c1-13(2)11-24-16-5-4-6-17(9-16)25-12-18(21)20-10-15(19(22)23)8-7-14(20)3/h4-6,9,13-15H,7-8,10-12H2,1-3H3,(H,22,23). The number of carboxylic acids is 1. The molecule has 1 fully saturated rings. The van der Waals surface area contributed by atoms with E-state index in [0.29, 0.717) is 36.9 Å². The maximum absolute atomic E-state index is 12.4. The van der Waals surface area contributed by atoms with Crippen LogP contribution in [0.25, 0.3) is 0 Å². The SMILES string of the molecule is CC(C)COc1cccc(OCC(=O)N2CC(C(=O)O)CCC2C)c1. The zero-order chi connectivity index (χ0) is 18.4. The Morgan fingerprint density at radius 2 is 1.92 bits per heavy atom. The number of carbonyl (C=O) groups excluding carboxylic acids is 1. The normalized spacial score (nSPS) is 20.4. The number of piperidine rings is 1. The molecule has 1 aromatic carbocycles. The molecule has 138 valence electrons. The van der Waals surface area contributed by atoms with Gasteiger partial charge in [-0.3, -0.25) is 9.59 Å². The molecule has 1 heterocycles. The van der Waals surface area contributed by atoms with Crippen molar-refractivity contribution in [1.82, 2.24) is 4.90 Å². The van der Waals surface area contributed by atoms with Crippen molar-refractivity contribution in [2.75, 3.05) is 19.8 Å². The van der Waals surface area contributed by atoms with Crippen LogP contribution in [-0.2, 0) is 9.59 Å². The molecule has 0 aromatic heterocycles. The van der Waals surface area contributed by atoms with Gasteiger partial charge < -0.3 is 19.5 Å². The van der Waals surface area contributed by atoms with Gasteiger partial charge in [-0.05, 0) is 37.8 Å². The number of likely N-dealkylation sites (tertiary alicyclic amines) is 1. The number of hydrogen-bond acceptors (Lipinski definition) is 4. The Morgan fingerprint density at radius 3 is 2.56 bits per heavy atom. The molecule has 2 unspecified atom stereocenters. The Labute approximate surface area is 148 Å². The second-order valence-corrected chi connectivity index (χ2v) is 6.98. The first-order valence-electron chi connectivity index (χ1n) is 8.74. The van der Waals surface area contributed by atoms with Crippen LogP contribution in [-0.4, -0.2) is 47.7 Å². The van der Waals surface area contributed by atoms with E-state index in [1.165, 1.54) is 0 Å². The van der Waals surface area contributed by atoms with E-state index in [9.17, 15) is 9.59 Å². The molecule has 0 saturated carbocycles. The molecule has 0 radical (unpaired) electrons. The smallest absolute Gasteiger partial charge is 0.308 e. The fourth-order valence-electron chi connectivity index (χ4n) is 2.80. The summed E-state index contributed by atoms with van der Waals surface area (Å²) in [5.41, 5.74) is 0. The number of ether oxygens (including phenoxy) is 2. The van der Waals surface area contributed by atoms with E-state index in [1.807, 2.05) is 19.1 Å². The Morgan fingerprint density at radius 1 is 1.24 bits per heavy atom. The molecule has 0 bridgehead atoms. The Bertz CT molecular complexity index is 601. The Balaban J connectivity index is 1.90. The van der Waals surface area contributed by atoms with Gasteiger partial charge in [-0.2, -0.15) is 0 Å². The highest BCUT2D eigenvalue weighted by Crippen LogP contribution is 2.23. The van der Waals surface area contributed by atoms with Crippen molar-refractivity contribution in [3.8, 4) is 11.5 Å². The number of nitrogens with zero attached hydrogens (tertiary/aromatic N) is 1. The third-order valence-corrected chi connectivity index (χ3v) is 4.30. The van der Waals surface area contributed by atoms with Crippen LogP contribution in [0.1, 0.15) is 33.6 Å². The lowest BCUT2D eigenvalue weighted by molar-refractivity contribution is -0.147. The summed E-state index contributed by atoms with van der Waals surface area (Å²) in [6, 6.07) is 7.23. The summed E-state index contributed by atoms with van der Waals surface area (Å²) in [6.07, 6.45) is 1.30. The Kier molecular flexibility index (Phi) is 6.67. The maximum Gasteiger partial charge on any atom is 0.308 e. The van der Waals surface area contributed by atoms with Gasteiger partial charge in [0.1, 0.15) is 11.5 Å². The van der Waals surface area contributed by atoms with Crippen LogP contribution in [0.5, 0.6) is 11.5 Å². The minimum Gasteiger partial charge on any atom is -0.493 e. The minimum absolute atomic E-state index is 0.0346. The van der Waals surface area contributed by atoms with Crippen molar-refractivity contribution in [3.63, 3.8) is 0 Å². The fraction of sp³-hybridized carbons (Fsp3) is 0.579. The number of carboxylic acid groups (broad SMARTS) is 1. The minimum atomic E-state index is -0.847. The van der Waals surface area contributed by atoms with Crippen LogP contribution >= 0.6 is 0 Å². The van der Waals surface area contributed by atoms with Crippen molar-refractivity contribution >= 4 is 11.9 Å². The van der Waals surface area contributed by atoms with Gasteiger partial charge in [0.05, 0.1) is 12.5 Å². The zero-order valence-corrected chi connectivity index (χ0v) is 15.1. The monoisotopic (exact) mass is 349 g/mol. The van der Waals surface area contributed by atoms with E-state index in [0.717, 1.165) is 0 Å². The zero-order valence-electron chi connectivity index (χ0n) is 15.1. The van der Waals surface area contributed by atoms with Gasteiger partial charge in [-0.15, -0.1) is 0 Å². The molecule has 6 nitrogen and oxygen atoms in total. The van der Waals surface area contributed by atoms with Crippen molar-refractivity contribution in [3.05, 3.63) is 24.3 Å². The molecule has 2 atom stereocenters. The quantitative estimate of drug-likeness (QED) is 0.819. The lowest BCUT2D eigenvalue weighted by Crippen LogP contribution is -2.49. The summed E-state index contributed by atoms with van der Waals surface area (Å²) in [7, 11) is 0. The first-order chi connectivity index (χ1) is 11.9. The topological polar surface area (TPSA) is 76.1 Å². The molecular weight excluding hydrogens is 322 g/mol. The molecule has 1 N–H and O–H groups in total. The van der Waals surface area contributed by atoms with E-state index in [2.05, 4.69) is 13.8 Å². The second kappa shape index (κ2) is 8.74. The van der Waals surface area contributed by atoms with Gasteiger partial charge in [-0.25, -0.2) is 0 Å². The van der Waals surface area contributed by atoms with E-state index in [-0.39, 0.29) is 25.1 Å². The summed E-state index contributed by atoms with van der Waals surface area (Å²) in [4.78, 5) is 25.2. The average molecular weight is 349 g/mol. The van der Waals surface area contributed by atoms with Crippen LogP contribution < -0.4 is 9.47 Å². The number of hydrogen-bond donors (Lipinski definition) is 1. The van der Waals surface area contributed by atoms with Gasteiger partial charge >= 0.3 is 5.97 Å². The third kappa shape index (κ3) is 5.66. The second-order valence-electron chi connectivity index (χ2n) is 6.98. The summed E-state index contributed by atoms with van der Waals surface area (Å²) in [6.45, 7) is 6.84. The van der Waals surface area contributed by atoms with Gasteiger partial charge in [-0.1, -0.05) is 19.9 Å². The predicted octanol–water partition coefficient (Wildman–Crippen LogP) is 2.81. The van der Waals surface area contributed by atoms with E-state index in [1.54, 1.807) is 17.0 Å². The highest BCUT2D eigenvalue weighted by Gasteiger charge is 2.32. The van der Waals surface area contributed by atoms with Crippen LogP contribution in [0.3, 0.4) is 0 Å². The molecule has 6 heteroatoms. The van der Waals surface area contributed by atoms with E-state index in [4.69, 9.17) is 14.6 Å². The van der Waals surface area contributed by atoms with Crippen molar-refractivity contribution in [2.24, 2.45) is 11.8 Å². The van der Waals surface area contributed by atoms with Crippen LogP contribution in [0.2, 0.25) is 0 Å². The number of amides is 1. The van der Waals surface area contributed by atoms with Gasteiger partial charge in [0.15, 0.2) is 6.61 Å². The molecule has 1 saturated heterocycles. The lowest BCUT2D eigenvalue weighted by atomic mass is 9.93. The highest BCUT2D eigenvalue weighted by molar-refractivity contribution is 5.79.